The number of rotatable bonds is 6. The number of hydrogen-bond acceptors (Lipinski definition) is 2. The maximum absolute atomic E-state index is 13.2. The fraction of sp³-hybridized carbons (Fsp3) is 0.611. The number of nitrogens with zero attached hydrogens (tertiary/aromatic N) is 2. The van der Waals surface area contributed by atoms with Gasteiger partial charge in [-0.15, -0.1) is 12.4 Å². The molecule has 2 amide bonds. The molecule has 2 rings (SSSR count). The van der Waals surface area contributed by atoms with Gasteiger partial charge in [0.15, 0.2) is 0 Å². The molecule has 6 heteroatoms. The molecule has 0 saturated carbocycles. The van der Waals surface area contributed by atoms with Crippen LogP contribution in [0.1, 0.15) is 44.7 Å². The van der Waals surface area contributed by atoms with Crippen LogP contribution in [0.25, 0.3) is 0 Å². The Morgan fingerprint density at radius 1 is 1.17 bits per heavy atom. The third-order valence-electron chi connectivity index (χ3n) is 4.46. The van der Waals surface area contributed by atoms with Crippen LogP contribution in [0.2, 0.25) is 0 Å². The zero-order chi connectivity index (χ0) is 16.7. The van der Waals surface area contributed by atoms with Crippen molar-refractivity contribution in [3.8, 4) is 0 Å². The van der Waals surface area contributed by atoms with Gasteiger partial charge >= 0.3 is 6.03 Å². The average Bonchev–Trinajstić information content (AvgIpc) is 2.57. The normalized spacial score (nSPS) is 16.4. The maximum Gasteiger partial charge on any atom is 0.317 e. The molecule has 0 aromatic heterocycles. The van der Waals surface area contributed by atoms with Gasteiger partial charge in [0.05, 0.1) is 0 Å². The molecule has 0 radical (unpaired) electrons. The third-order valence-corrected chi connectivity index (χ3v) is 4.46. The van der Waals surface area contributed by atoms with Gasteiger partial charge in [0.1, 0.15) is 5.82 Å². The minimum atomic E-state index is -0.191. The molecular weight excluding hydrogens is 329 g/mol. The maximum atomic E-state index is 13.2. The number of nitrogens with one attached hydrogen (secondary N) is 1. The summed E-state index contributed by atoms with van der Waals surface area (Å²) in [6, 6.07) is 7.21. The van der Waals surface area contributed by atoms with E-state index in [1.165, 1.54) is 5.56 Å². The fourth-order valence-electron chi connectivity index (χ4n) is 3.14. The van der Waals surface area contributed by atoms with E-state index in [1.807, 2.05) is 24.0 Å². The number of urea groups is 1. The van der Waals surface area contributed by atoms with Crippen molar-refractivity contribution >= 4 is 18.4 Å². The Morgan fingerprint density at radius 3 is 2.33 bits per heavy atom. The van der Waals surface area contributed by atoms with Crippen LogP contribution < -0.4 is 5.32 Å². The summed E-state index contributed by atoms with van der Waals surface area (Å²) in [7, 11) is 0. The average molecular weight is 358 g/mol. The van der Waals surface area contributed by atoms with Gasteiger partial charge in [0.2, 0.25) is 0 Å². The van der Waals surface area contributed by atoms with E-state index in [0.717, 1.165) is 45.4 Å². The zero-order valence-corrected chi connectivity index (χ0v) is 15.4. The Bertz CT molecular complexity index is 490. The molecule has 1 unspecified atom stereocenters. The van der Waals surface area contributed by atoms with Crippen molar-refractivity contribution < 1.29 is 9.18 Å². The molecule has 0 spiro atoms. The topological polar surface area (TPSA) is 35.6 Å². The van der Waals surface area contributed by atoms with E-state index in [2.05, 4.69) is 17.1 Å². The van der Waals surface area contributed by atoms with E-state index < -0.39 is 0 Å². The summed E-state index contributed by atoms with van der Waals surface area (Å²) in [6.07, 6.45) is 3.37. The summed E-state index contributed by atoms with van der Waals surface area (Å²) in [5.41, 5.74) is 1.17. The minimum Gasteiger partial charge on any atom is -0.338 e. The standard InChI is InChI=1S/C18H28FN3O.ClH/c1-3-5-6-17(15-7-9-16(19)10-8-15)21-11-13-22(14-12-21)18(23)20-4-2;/h7-10,17H,3-6,11-14H2,1-2H3,(H,20,23);1H. The van der Waals surface area contributed by atoms with Crippen LogP contribution in [0.4, 0.5) is 9.18 Å². The molecule has 1 saturated heterocycles. The summed E-state index contributed by atoms with van der Waals surface area (Å²) < 4.78 is 13.2. The van der Waals surface area contributed by atoms with Gasteiger partial charge < -0.3 is 10.2 Å². The van der Waals surface area contributed by atoms with E-state index in [1.54, 1.807) is 12.1 Å². The van der Waals surface area contributed by atoms with E-state index in [0.29, 0.717) is 12.6 Å². The molecule has 1 fully saturated rings. The largest absolute Gasteiger partial charge is 0.338 e. The van der Waals surface area contributed by atoms with Gasteiger partial charge in [0, 0.05) is 38.8 Å². The molecule has 1 aromatic carbocycles. The second-order valence-electron chi connectivity index (χ2n) is 6.07. The summed E-state index contributed by atoms with van der Waals surface area (Å²) in [4.78, 5) is 16.2. The second kappa shape index (κ2) is 10.5. The smallest absolute Gasteiger partial charge is 0.317 e. The lowest BCUT2D eigenvalue weighted by Gasteiger charge is -2.39. The first-order chi connectivity index (χ1) is 11.2. The van der Waals surface area contributed by atoms with Crippen molar-refractivity contribution in [1.82, 2.24) is 15.1 Å². The van der Waals surface area contributed by atoms with Crippen LogP contribution in [0, 0.1) is 5.82 Å². The lowest BCUT2D eigenvalue weighted by atomic mass is 9.98. The molecule has 1 aliphatic heterocycles. The number of hydrogen-bond donors (Lipinski definition) is 1. The number of halogens is 2. The quantitative estimate of drug-likeness (QED) is 0.839. The first kappa shape index (κ1) is 20.7. The van der Waals surface area contributed by atoms with Crippen LogP contribution in [-0.4, -0.2) is 48.6 Å². The van der Waals surface area contributed by atoms with Crippen LogP contribution in [-0.2, 0) is 0 Å². The number of benzene rings is 1. The van der Waals surface area contributed by atoms with Crippen molar-refractivity contribution in [3.63, 3.8) is 0 Å². The molecule has 24 heavy (non-hydrogen) atoms. The Labute approximate surface area is 150 Å². The van der Waals surface area contributed by atoms with Crippen LogP contribution in [0.5, 0.6) is 0 Å². The molecular formula is C18H29ClFN3O. The SMILES string of the molecule is CCCCC(c1ccc(F)cc1)N1CCN(C(=O)NCC)CC1.Cl. The van der Waals surface area contributed by atoms with Gasteiger partial charge in [-0.25, -0.2) is 9.18 Å². The molecule has 4 nitrogen and oxygen atoms in total. The highest BCUT2D eigenvalue weighted by atomic mass is 35.5. The minimum absolute atomic E-state index is 0. The molecule has 1 aromatic rings. The van der Waals surface area contributed by atoms with Gasteiger partial charge in [-0.3, -0.25) is 4.90 Å². The highest BCUT2D eigenvalue weighted by Crippen LogP contribution is 2.27. The number of unbranched alkanes of at least 4 members (excludes halogenated alkanes) is 1. The van der Waals surface area contributed by atoms with E-state index >= 15 is 0 Å². The van der Waals surface area contributed by atoms with E-state index in [9.17, 15) is 9.18 Å². The first-order valence-corrected chi connectivity index (χ1v) is 8.68. The fourth-order valence-corrected chi connectivity index (χ4v) is 3.14. The predicted molar refractivity (Wildman–Crippen MR) is 98.1 cm³/mol. The Hall–Kier alpha value is -1.33. The number of amides is 2. The van der Waals surface area contributed by atoms with Crippen LogP contribution >= 0.6 is 12.4 Å². The summed E-state index contributed by atoms with van der Waals surface area (Å²) >= 11 is 0. The summed E-state index contributed by atoms with van der Waals surface area (Å²) in [5, 5.41) is 2.86. The first-order valence-electron chi connectivity index (χ1n) is 8.68. The number of carbonyl (C=O) groups is 1. The molecule has 1 heterocycles. The lowest BCUT2D eigenvalue weighted by molar-refractivity contribution is 0.103. The third kappa shape index (κ3) is 5.64. The van der Waals surface area contributed by atoms with E-state index in [-0.39, 0.29) is 24.3 Å². The van der Waals surface area contributed by atoms with Gasteiger partial charge in [-0.1, -0.05) is 31.9 Å². The second-order valence-corrected chi connectivity index (χ2v) is 6.07. The van der Waals surface area contributed by atoms with Crippen LogP contribution in [0.15, 0.2) is 24.3 Å². The van der Waals surface area contributed by atoms with Gasteiger partial charge in [0.25, 0.3) is 0 Å². The van der Waals surface area contributed by atoms with Crippen molar-refractivity contribution in [2.24, 2.45) is 0 Å². The Morgan fingerprint density at radius 2 is 1.79 bits per heavy atom. The van der Waals surface area contributed by atoms with Gasteiger partial charge in [-0.2, -0.15) is 0 Å². The van der Waals surface area contributed by atoms with Crippen molar-refractivity contribution in [2.75, 3.05) is 32.7 Å². The van der Waals surface area contributed by atoms with Crippen molar-refractivity contribution in [2.45, 2.75) is 39.2 Å². The van der Waals surface area contributed by atoms with Crippen molar-refractivity contribution in [3.05, 3.63) is 35.6 Å². The predicted octanol–water partition coefficient (Wildman–Crippen LogP) is 3.83. The highest BCUT2D eigenvalue weighted by Gasteiger charge is 2.26. The Balaban J connectivity index is 0.00000288. The van der Waals surface area contributed by atoms with Crippen LogP contribution in [0.3, 0.4) is 0 Å². The number of piperazine rings is 1. The zero-order valence-electron chi connectivity index (χ0n) is 14.6. The number of carbonyl (C=O) groups excluding carboxylic acids is 1. The van der Waals surface area contributed by atoms with Crippen molar-refractivity contribution in [1.29, 1.82) is 0 Å². The molecule has 1 N–H and O–H groups in total. The highest BCUT2D eigenvalue weighted by molar-refractivity contribution is 5.85. The molecule has 1 atom stereocenters. The molecule has 0 aliphatic carbocycles. The lowest BCUT2D eigenvalue weighted by Crippen LogP contribution is -2.52. The molecule has 136 valence electrons. The van der Waals surface area contributed by atoms with Gasteiger partial charge in [-0.05, 0) is 31.0 Å². The summed E-state index contributed by atoms with van der Waals surface area (Å²) in [6.45, 7) is 8.00. The summed E-state index contributed by atoms with van der Waals surface area (Å²) in [5.74, 6) is -0.191. The monoisotopic (exact) mass is 357 g/mol. The molecule has 1 aliphatic rings. The Kier molecular flexibility index (Phi) is 9.08. The van der Waals surface area contributed by atoms with E-state index in [4.69, 9.17) is 0 Å². The molecule has 0 bridgehead atoms.